The summed E-state index contributed by atoms with van der Waals surface area (Å²) in [6, 6.07) is 18.3. The second-order valence-corrected chi connectivity index (χ2v) is 12.8. The Bertz CT molecular complexity index is 1720. The van der Waals surface area contributed by atoms with Crippen molar-refractivity contribution in [2.75, 3.05) is 24.7 Å². The van der Waals surface area contributed by atoms with Crippen LogP contribution in [0.3, 0.4) is 0 Å². The predicted molar refractivity (Wildman–Crippen MR) is 159 cm³/mol. The van der Waals surface area contributed by atoms with Gasteiger partial charge in [0.25, 0.3) is 5.91 Å². The van der Waals surface area contributed by atoms with Crippen LogP contribution in [0.1, 0.15) is 35.1 Å². The molecule has 0 bridgehead atoms. The summed E-state index contributed by atoms with van der Waals surface area (Å²) in [5.74, 6) is -1.68. The van der Waals surface area contributed by atoms with E-state index in [1.165, 1.54) is 11.0 Å². The van der Waals surface area contributed by atoms with E-state index in [4.69, 9.17) is 5.26 Å². The molecule has 0 aromatic heterocycles. The lowest BCUT2D eigenvalue weighted by Crippen LogP contribution is -2.54. The molecule has 3 aromatic rings. The topological polar surface area (TPSA) is 160 Å². The lowest BCUT2D eigenvalue weighted by atomic mass is 9.76. The van der Waals surface area contributed by atoms with Crippen molar-refractivity contribution in [1.29, 1.82) is 5.26 Å². The molecule has 0 saturated carbocycles. The number of piperidine rings is 1. The Balaban J connectivity index is 1.62. The van der Waals surface area contributed by atoms with Crippen molar-refractivity contribution >= 4 is 27.7 Å². The lowest BCUT2D eigenvalue weighted by Gasteiger charge is -2.40. The molecule has 1 heterocycles. The van der Waals surface area contributed by atoms with E-state index in [9.17, 15) is 41.4 Å². The molecule has 4 rings (SSSR count). The Kier molecular flexibility index (Phi) is 9.86. The summed E-state index contributed by atoms with van der Waals surface area (Å²) < 4.78 is 65.9. The number of nitriles is 1. The highest BCUT2D eigenvalue weighted by Crippen LogP contribution is 2.36. The van der Waals surface area contributed by atoms with Crippen LogP contribution in [-0.4, -0.2) is 60.5 Å². The zero-order valence-corrected chi connectivity index (χ0v) is 25.0. The number of amides is 2. The second-order valence-electron chi connectivity index (χ2n) is 11.0. The number of hydrogen-bond acceptors (Lipinski definition) is 6. The predicted octanol–water partition coefficient (Wildman–Crippen LogP) is 4.60. The largest absolute Gasteiger partial charge is 0.465 e. The maximum Gasteiger partial charge on any atom is 0.417 e. The van der Waals surface area contributed by atoms with Crippen LogP contribution in [0.15, 0.2) is 66.7 Å². The van der Waals surface area contributed by atoms with Crippen LogP contribution in [0.4, 0.5) is 23.7 Å². The molecule has 10 nitrogen and oxygen atoms in total. The summed E-state index contributed by atoms with van der Waals surface area (Å²) in [6.07, 6.45) is -4.86. The Hall–Kier alpha value is -4.45. The van der Waals surface area contributed by atoms with Crippen LogP contribution in [-0.2, 0) is 34.0 Å². The van der Waals surface area contributed by atoms with Gasteiger partial charge in [-0.2, -0.15) is 18.4 Å². The number of likely N-dealkylation sites (tertiary alicyclic amines) is 1. The fourth-order valence-corrected chi connectivity index (χ4v) is 5.78. The van der Waals surface area contributed by atoms with Gasteiger partial charge in [-0.25, -0.2) is 17.9 Å². The van der Waals surface area contributed by atoms with E-state index < -0.39 is 50.8 Å². The van der Waals surface area contributed by atoms with Gasteiger partial charge in [-0.3, -0.25) is 4.79 Å². The van der Waals surface area contributed by atoms with Gasteiger partial charge in [0.15, 0.2) is 0 Å². The third kappa shape index (κ3) is 8.39. The molecule has 1 atom stereocenters. The fraction of sp³-hybridized carbons (Fsp3) is 0.323. The third-order valence-corrected chi connectivity index (χ3v) is 8.43. The number of rotatable bonds is 9. The van der Waals surface area contributed by atoms with E-state index in [1.54, 1.807) is 42.5 Å². The van der Waals surface area contributed by atoms with Gasteiger partial charge in [0.1, 0.15) is 5.60 Å². The molecule has 1 fully saturated rings. The van der Waals surface area contributed by atoms with Gasteiger partial charge in [0, 0.05) is 37.7 Å². The van der Waals surface area contributed by atoms with Crippen molar-refractivity contribution in [2.45, 2.75) is 37.6 Å². The number of nitrogens with one attached hydrogen (secondary N) is 2. The van der Waals surface area contributed by atoms with Crippen LogP contribution in [0, 0.1) is 17.2 Å². The Morgan fingerprint density at radius 1 is 1.00 bits per heavy atom. The molecule has 2 amide bonds. The van der Waals surface area contributed by atoms with Crippen LogP contribution in [0.25, 0.3) is 11.1 Å². The smallest absolute Gasteiger partial charge is 0.417 e. The van der Waals surface area contributed by atoms with Gasteiger partial charge in [0.05, 0.1) is 23.5 Å². The number of carboxylic acid groups (broad SMARTS) is 1. The third-order valence-electron chi connectivity index (χ3n) is 7.76. The molecule has 0 aliphatic carbocycles. The number of alkyl halides is 3. The van der Waals surface area contributed by atoms with E-state index in [2.05, 4.69) is 10.0 Å². The lowest BCUT2D eigenvalue weighted by molar-refractivity contribution is -0.142. The van der Waals surface area contributed by atoms with Gasteiger partial charge >= 0.3 is 12.3 Å². The van der Waals surface area contributed by atoms with Gasteiger partial charge in [0.2, 0.25) is 10.0 Å². The van der Waals surface area contributed by atoms with Crippen molar-refractivity contribution in [3.05, 3.63) is 89.0 Å². The molecule has 0 radical (unpaired) electrons. The Morgan fingerprint density at radius 3 is 2.24 bits per heavy atom. The van der Waals surface area contributed by atoms with Gasteiger partial charge < -0.3 is 20.4 Å². The van der Waals surface area contributed by atoms with E-state index in [0.29, 0.717) is 11.6 Å². The molecular weight excluding hydrogens is 613 g/mol. The van der Waals surface area contributed by atoms with Crippen molar-refractivity contribution in [2.24, 2.45) is 5.92 Å². The van der Waals surface area contributed by atoms with Crippen LogP contribution in [0.2, 0.25) is 0 Å². The van der Waals surface area contributed by atoms with E-state index in [-0.39, 0.29) is 44.6 Å². The normalized spacial score (nSPS) is 15.6. The maximum absolute atomic E-state index is 13.7. The number of halogens is 3. The van der Waals surface area contributed by atoms with E-state index >= 15 is 0 Å². The van der Waals surface area contributed by atoms with Crippen molar-refractivity contribution in [3.8, 4) is 17.2 Å². The minimum Gasteiger partial charge on any atom is -0.465 e. The number of hydrogen-bond donors (Lipinski definition) is 4. The summed E-state index contributed by atoms with van der Waals surface area (Å²) >= 11 is 0. The fourth-order valence-electron chi connectivity index (χ4n) is 5.35. The van der Waals surface area contributed by atoms with E-state index in [0.717, 1.165) is 35.1 Å². The number of benzene rings is 3. The molecule has 1 unspecified atom stereocenters. The first-order chi connectivity index (χ1) is 21.1. The van der Waals surface area contributed by atoms with Crippen molar-refractivity contribution in [3.63, 3.8) is 0 Å². The Morgan fingerprint density at radius 2 is 1.67 bits per heavy atom. The quantitative estimate of drug-likeness (QED) is 0.265. The molecule has 45 heavy (non-hydrogen) atoms. The average molecular weight is 645 g/mol. The standard InChI is InChI=1S/C31H31F3N4O6S/c1-45(43,44)36-19-20-5-7-22(8-6-20)23-4-2-3-21(15-23)17-30(42,25-11-13-38(14-12-25)29(40)41)28(39)37-26-10-9-24(18-35)27(16-26)31(32,33)34/h2-10,15-16,25,36,42H,11-14,17,19H2,1H3,(H,37,39)(H,40,41). The van der Waals surface area contributed by atoms with Crippen LogP contribution >= 0.6 is 0 Å². The molecule has 4 N–H and O–H groups in total. The number of sulfonamides is 1. The minimum atomic E-state index is -4.85. The monoisotopic (exact) mass is 644 g/mol. The number of nitrogens with zero attached hydrogens (tertiary/aromatic N) is 2. The van der Waals surface area contributed by atoms with Gasteiger partial charge in [-0.1, -0.05) is 48.5 Å². The zero-order chi connectivity index (χ0) is 33.0. The summed E-state index contributed by atoms with van der Waals surface area (Å²) in [5.41, 5.74) is -1.44. The average Bonchev–Trinajstić information content (AvgIpc) is 2.99. The van der Waals surface area contributed by atoms with Crippen molar-refractivity contribution in [1.82, 2.24) is 9.62 Å². The highest BCUT2D eigenvalue weighted by molar-refractivity contribution is 7.88. The summed E-state index contributed by atoms with van der Waals surface area (Å²) in [7, 11) is -3.36. The molecule has 14 heteroatoms. The molecule has 0 spiro atoms. The maximum atomic E-state index is 13.7. The molecule has 1 saturated heterocycles. The zero-order valence-electron chi connectivity index (χ0n) is 24.1. The first-order valence-corrected chi connectivity index (χ1v) is 15.7. The van der Waals surface area contributed by atoms with Gasteiger partial charge in [-0.05, 0) is 53.3 Å². The molecule has 3 aromatic carbocycles. The summed E-state index contributed by atoms with van der Waals surface area (Å²) in [5, 5.41) is 32.8. The van der Waals surface area contributed by atoms with Crippen LogP contribution < -0.4 is 10.0 Å². The molecule has 238 valence electrons. The molecular formula is C31H31F3N4O6S. The first kappa shape index (κ1) is 33.4. The summed E-state index contributed by atoms with van der Waals surface area (Å²) in [6.45, 7) is 0.238. The highest BCUT2D eigenvalue weighted by Gasteiger charge is 2.46. The second kappa shape index (κ2) is 13.3. The molecule has 1 aliphatic rings. The van der Waals surface area contributed by atoms with E-state index in [1.807, 2.05) is 6.07 Å². The number of aliphatic hydroxyl groups is 1. The highest BCUT2D eigenvalue weighted by atomic mass is 32.2. The van der Waals surface area contributed by atoms with Gasteiger partial charge in [-0.15, -0.1) is 0 Å². The number of carbonyl (C=O) groups is 2. The summed E-state index contributed by atoms with van der Waals surface area (Å²) in [4.78, 5) is 26.3. The number of carbonyl (C=O) groups excluding carboxylic acids is 1. The number of anilines is 1. The Labute approximate surface area is 258 Å². The SMILES string of the molecule is CS(=O)(=O)NCc1ccc(-c2cccc(CC(O)(C(=O)Nc3ccc(C#N)c(C(F)(F)F)c3)C3CCN(C(=O)O)CC3)c2)cc1. The van der Waals surface area contributed by atoms with Crippen LogP contribution in [0.5, 0.6) is 0 Å². The molecule has 1 aliphatic heterocycles. The first-order valence-electron chi connectivity index (χ1n) is 13.8. The van der Waals surface area contributed by atoms with Crippen molar-refractivity contribution < 1.29 is 41.4 Å². The minimum absolute atomic E-state index is 0.0608.